The molecule has 0 aromatic heterocycles. The molecule has 2 rings (SSSR count). The second-order valence-electron chi connectivity index (χ2n) is 4.73. The minimum atomic E-state index is -1.33. The van der Waals surface area contributed by atoms with Gasteiger partial charge < -0.3 is 4.52 Å². The summed E-state index contributed by atoms with van der Waals surface area (Å²) in [5, 5.41) is 0. The van der Waals surface area contributed by atoms with Gasteiger partial charge in [-0.25, -0.2) is 0 Å². The van der Waals surface area contributed by atoms with Gasteiger partial charge in [0.25, 0.3) is 0 Å². The van der Waals surface area contributed by atoms with Crippen molar-refractivity contribution in [3.05, 3.63) is 71.8 Å². The van der Waals surface area contributed by atoms with Gasteiger partial charge in [-0.15, -0.1) is 0 Å². The fourth-order valence-corrected chi connectivity index (χ4v) is 6.55. The van der Waals surface area contributed by atoms with E-state index in [1.54, 1.807) is 0 Å². The number of hydrogen-bond acceptors (Lipinski definition) is 1. The Bertz CT molecular complexity index is 470. The first kappa shape index (κ1) is 16.0. The lowest BCUT2D eigenvalue weighted by Gasteiger charge is -2.21. The van der Waals surface area contributed by atoms with E-state index in [1.165, 1.54) is 11.1 Å². The summed E-state index contributed by atoms with van der Waals surface area (Å²) in [5.74, 6) is 0. The lowest BCUT2D eigenvalue weighted by Crippen LogP contribution is -2.22. The van der Waals surface area contributed by atoms with Crippen LogP contribution in [0.1, 0.15) is 23.6 Å². The first-order valence-electron chi connectivity index (χ1n) is 6.55. The Morgan fingerprint density at radius 3 is 1.75 bits per heavy atom. The Morgan fingerprint density at radius 2 is 1.35 bits per heavy atom. The quantitative estimate of drug-likeness (QED) is 0.529. The molecule has 0 radical (unpaired) electrons. The predicted octanol–water partition coefficient (Wildman–Crippen LogP) is 5.01. The van der Waals surface area contributed by atoms with Crippen molar-refractivity contribution in [1.29, 1.82) is 0 Å². The second-order valence-corrected chi connectivity index (χ2v) is 10.1. The van der Waals surface area contributed by atoms with E-state index >= 15 is 0 Å². The Labute approximate surface area is 133 Å². The molecule has 1 atom stereocenters. The van der Waals surface area contributed by atoms with Crippen LogP contribution in [0.15, 0.2) is 60.7 Å². The van der Waals surface area contributed by atoms with Crippen molar-refractivity contribution < 1.29 is 4.52 Å². The van der Waals surface area contributed by atoms with Gasteiger partial charge >= 0.3 is 0 Å². The van der Waals surface area contributed by atoms with Crippen molar-refractivity contribution >= 4 is 38.9 Å². The SMILES string of the molecule is CC(OP(Cl)Cl)[SiH2]C(c1ccccc1)c1ccccc1. The number of benzene rings is 2. The molecule has 0 amide bonds. The Morgan fingerprint density at radius 1 is 0.900 bits per heavy atom. The van der Waals surface area contributed by atoms with Gasteiger partial charge in [0.2, 0.25) is 6.85 Å². The summed E-state index contributed by atoms with van der Waals surface area (Å²) in [6, 6.07) is 21.2. The van der Waals surface area contributed by atoms with Crippen molar-refractivity contribution in [2.24, 2.45) is 0 Å². The molecule has 2 aromatic carbocycles. The van der Waals surface area contributed by atoms with E-state index in [-0.39, 0.29) is 5.73 Å². The Balaban J connectivity index is 2.21. The highest BCUT2D eigenvalue weighted by atomic mass is 35.9. The minimum absolute atomic E-state index is 0.154. The summed E-state index contributed by atoms with van der Waals surface area (Å²) in [4.78, 5) is 0. The highest BCUT2D eigenvalue weighted by Gasteiger charge is 2.20. The molecule has 0 saturated heterocycles. The van der Waals surface area contributed by atoms with E-state index in [0.717, 1.165) is 0 Å². The first-order valence-corrected chi connectivity index (χ1v) is 11.3. The number of rotatable bonds is 6. The van der Waals surface area contributed by atoms with Gasteiger partial charge in [-0.05, 0) is 40.5 Å². The van der Waals surface area contributed by atoms with E-state index in [0.29, 0.717) is 5.54 Å². The van der Waals surface area contributed by atoms with Crippen LogP contribution < -0.4 is 0 Å². The van der Waals surface area contributed by atoms with Crippen LogP contribution in [0.3, 0.4) is 0 Å². The highest BCUT2D eigenvalue weighted by molar-refractivity contribution is 8.00. The normalized spacial score (nSPS) is 13.4. The van der Waals surface area contributed by atoms with Crippen LogP contribution in [0.25, 0.3) is 0 Å². The van der Waals surface area contributed by atoms with Gasteiger partial charge in [-0.3, -0.25) is 0 Å². The lowest BCUT2D eigenvalue weighted by atomic mass is 10.0. The zero-order valence-corrected chi connectivity index (χ0v) is 15.1. The van der Waals surface area contributed by atoms with Crippen LogP contribution in [0.4, 0.5) is 0 Å². The summed E-state index contributed by atoms with van der Waals surface area (Å²) in [6.45, 7) is 0.745. The monoisotopic (exact) mass is 342 g/mol. The van der Waals surface area contributed by atoms with Crippen LogP contribution in [0.2, 0.25) is 0 Å². The van der Waals surface area contributed by atoms with Gasteiger partial charge in [-0.2, -0.15) is 0 Å². The highest BCUT2D eigenvalue weighted by Crippen LogP contribution is 2.49. The largest absolute Gasteiger partial charge is 0.333 e. The second kappa shape index (κ2) is 8.16. The molecule has 106 valence electrons. The molecule has 0 spiro atoms. The van der Waals surface area contributed by atoms with Gasteiger partial charge in [0.05, 0.1) is 9.52 Å². The molecule has 20 heavy (non-hydrogen) atoms. The fraction of sp³-hybridized carbons (Fsp3) is 0.200. The molecule has 1 unspecified atom stereocenters. The molecule has 0 aliphatic rings. The van der Waals surface area contributed by atoms with Crippen molar-refractivity contribution in [3.8, 4) is 0 Å². The van der Waals surface area contributed by atoms with Crippen molar-refractivity contribution in [2.75, 3.05) is 0 Å². The maximum absolute atomic E-state index is 5.78. The Hall–Kier alpha value is -0.373. The van der Waals surface area contributed by atoms with E-state index in [2.05, 4.69) is 55.5 Å². The zero-order valence-electron chi connectivity index (χ0n) is 11.2. The Kier molecular flexibility index (Phi) is 6.53. The summed E-state index contributed by atoms with van der Waals surface area (Å²) in [6.07, 6.45) is 0. The molecule has 0 heterocycles. The molecule has 1 nitrogen and oxygen atoms in total. The van der Waals surface area contributed by atoms with E-state index in [4.69, 9.17) is 27.0 Å². The fourth-order valence-electron chi connectivity index (χ4n) is 2.35. The molecule has 5 heteroatoms. The van der Waals surface area contributed by atoms with Crippen molar-refractivity contribution in [2.45, 2.75) is 18.2 Å². The average molecular weight is 343 g/mol. The topological polar surface area (TPSA) is 9.23 Å². The summed E-state index contributed by atoms with van der Waals surface area (Å²) < 4.78 is 5.58. The van der Waals surface area contributed by atoms with Gasteiger partial charge in [0.15, 0.2) is 0 Å². The van der Waals surface area contributed by atoms with Crippen LogP contribution in [-0.2, 0) is 4.52 Å². The molecule has 0 bridgehead atoms. The van der Waals surface area contributed by atoms with E-state index in [9.17, 15) is 0 Å². The molecule has 0 fully saturated rings. The smallest absolute Gasteiger partial charge is 0.225 e. The third kappa shape index (κ3) is 4.87. The van der Waals surface area contributed by atoms with Crippen LogP contribution in [-0.4, -0.2) is 15.2 Å². The van der Waals surface area contributed by atoms with Crippen LogP contribution in [0, 0.1) is 0 Å². The number of halogens is 2. The minimum Gasteiger partial charge on any atom is -0.333 e. The average Bonchev–Trinajstić information content (AvgIpc) is 2.46. The molecule has 0 saturated carbocycles. The summed E-state index contributed by atoms with van der Waals surface area (Å²) >= 11 is 11.6. The summed E-state index contributed by atoms with van der Waals surface area (Å²) in [5.41, 5.74) is 3.26. The molecule has 0 N–H and O–H groups in total. The van der Waals surface area contributed by atoms with Crippen LogP contribution in [0.5, 0.6) is 0 Å². The van der Waals surface area contributed by atoms with E-state index in [1.807, 2.05) is 12.1 Å². The van der Waals surface area contributed by atoms with Crippen LogP contribution >= 0.6 is 29.3 Å². The molecular formula is C15H17Cl2OPSi. The van der Waals surface area contributed by atoms with Crippen molar-refractivity contribution in [1.82, 2.24) is 0 Å². The molecular weight excluding hydrogens is 326 g/mol. The summed E-state index contributed by atoms with van der Waals surface area (Å²) in [7, 11) is -0.565. The standard InChI is InChI=1S/C15H17Cl2OPSi/c1-12(18-19(16)17)20-15(13-8-4-2-5-9-13)14-10-6-3-7-11-14/h2-12,15H,20H2,1H3. The maximum atomic E-state index is 5.78. The molecule has 0 aliphatic heterocycles. The van der Waals surface area contributed by atoms with Gasteiger partial charge in [0.1, 0.15) is 0 Å². The third-order valence-corrected chi connectivity index (χ3v) is 6.75. The van der Waals surface area contributed by atoms with Gasteiger partial charge in [0, 0.05) is 11.3 Å². The molecule has 0 aliphatic carbocycles. The third-order valence-electron chi connectivity index (χ3n) is 3.23. The molecule has 2 aromatic rings. The van der Waals surface area contributed by atoms with Crippen molar-refractivity contribution in [3.63, 3.8) is 0 Å². The number of hydrogen-bond donors (Lipinski definition) is 0. The van der Waals surface area contributed by atoms with E-state index < -0.39 is 16.4 Å². The maximum Gasteiger partial charge on any atom is 0.225 e. The van der Waals surface area contributed by atoms with Gasteiger partial charge in [-0.1, -0.05) is 60.7 Å². The zero-order chi connectivity index (χ0) is 14.4. The first-order chi connectivity index (χ1) is 9.66. The lowest BCUT2D eigenvalue weighted by molar-refractivity contribution is 0.342. The predicted molar refractivity (Wildman–Crippen MR) is 92.4 cm³/mol.